The summed E-state index contributed by atoms with van der Waals surface area (Å²) in [4.78, 5) is 25.4. The Bertz CT molecular complexity index is 339. The maximum absolute atomic E-state index is 11.9. The van der Waals surface area contributed by atoms with Crippen molar-refractivity contribution in [1.82, 2.24) is 10.2 Å². The van der Waals surface area contributed by atoms with Crippen LogP contribution in [0.1, 0.15) is 46.5 Å². The van der Waals surface area contributed by atoms with Gasteiger partial charge in [-0.15, -0.1) is 0 Å². The fourth-order valence-electron chi connectivity index (χ4n) is 2.16. The van der Waals surface area contributed by atoms with E-state index in [4.69, 9.17) is 10.5 Å². The summed E-state index contributed by atoms with van der Waals surface area (Å²) in [6.07, 6.45) is 2.60. The highest BCUT2D eigenvalue weighted by Gasteiger charge is 2.28. The maximum atomic E-state index is 11.9. The van der Waals surface area contributed by atoms with E-state index in [-0.39, 0.29) is 11.9 Å². The first-order valence-corrected chi connectivity index (χ1v) is 7.29. The Morgan fingerprint density at radius 1 is 1.35 bits per heavy atom. The molecule has 1 aliphatic rings. The van der Waals surface area contributed by atoms with Crippen molar-refractivity contribution in [3.05, 3.63) is 0 Å². The number of amides is 2. The van der Waals surface area contributed by atoms with Gasteiger partial charge in [0.05, 0.1) is 6.04 Å². The maximum Gasteiger partial charge on any atom is 0.407 e. The van der Waals surface area contributed by atoms with Crippen LogP contribution in [0, 0.1) is 0 Å². The fraction of sp³-hybridized carbons (Fsp3) is 0.857. The molecule has 1 unspecified atom stereocenters. The molecule has 0 bridgehead atoms. The second-order valence-electron chi connectivity index (χ2n) is 6.22. The first kappa shape index (κ1) is 16.8. The number of likely N-dealkylation sites (tertiary alicyclic amines) is 1. The lowest BCUT2D eigenvalue weighted by Gasteiger charge is -2.22. The second kappa shape index (κ2) is 7.47. The number of hydrogen-bond acceptors (Lipinski definition) is 4. The molecule has 0 aromatic heterocycles. The van der Waals surface area contributed by atoms with Gasteiger partial charge in [0.2, 0.25) is 5.91 Å². The zero-order valence-electron chi connectivity index (χ0n) is 12.8. The van der Waals surface area contributed by atoms with Gasteiger partial charge in [-0.3, -0.25) is 4.79 Å². The van der Waals surface area contributed by atoms with Crippen molar-refractivity contribution in [1.29, 1.82) is 0 Å². The number of alkyl carbamates (subject to hydrolysis) is 1. The second-order valence-corrected chi connectivity index (χ2v) is 6.22. The Kier molecular flexibility index (Phi) is 6.26. The zero-order chi connectivity index (χ0) is 15.2. The van der Waals surface area contributed by atoms with E-state index in [0.717, 1.165) is 19.3 Å². The summed E-state index contributed by atoms with van der Waals surface area (Å²) in [5.41, 5.74) is 4.91. The summed E-state index contributed by atoms with van der Waals surface area (Å²) in [6.45, 7) is 7.37. The van der Waals surface area contributed by atoms with Crippen molar-refractivity contribution in [3.63, 3.8) is 0 Å². The van der Waals surface area contributed by atoms with Gasteiger partial charge in [-0.2, -0.15) is 0 Å². The van der Waals surface area contributed by atoms with Gasteiger partial charge in [-0.1, -0.05) is 0 Å². The Morgan fingerprint density at radius 2 is 2.05 bits per heavy atom. The number of nitrogens with two attached hydrogens (primary N) is 1. The van der Waals surface area contributed by atoms with E-state index < -0.39 is 11.7 Å². The van der Waals surface area contributed by atoms with Crippen LogP contribution in [0.5, 0.6) is 0 Å². The Labute approximate surface area is 121 Å². The van der Waals surface area contributed by atoms with E-state index in [1.165, 1.54) is 0 Å². The van der Waals surface area contributed by atoms with Crippen LogP contribution in [0.4, 0.5) is 4.79 Å². The van der Waals surface area contributed by atoms with Gasteiger partial charge >= 0.3 is 6.09 Å². The molecule has 20 heavy (non-hydrogen) atoms. The van der Waals surface area contributed by atoms with E-state index in [1.54, 1.807) is 4.90 Å². The third-order valence-corrected chi connectivity index (χ3v) is 3.11. The molecule has 1 atom stereocenters. The van der Waals surface area contributed by atoms with Crippen LogP contribution in [0.15, 0.2) is 0 Å². The lowest BCUT2D eigenvalue weighted by molar-refractivity contribution is -0.130. The van der Waals surface area contributed by atoms with Crippen molar-refractivity contribution in [2.75, 3.05) is 19.6 Å². The molecule has 1 fully saturated rings. The van der Waals surface area contributed by atoms with Crippen LogP contribution in [-0.4, -0.2) is 48.2 Å². The van der Waals surface area contributed by atoms with E-state index in [9.17, 15) is 9.59 Å². The third kappa shape index (κ3) is 6.23. The number of nitrogens with one attached hydrogen (secondary N) is 1. The van der Waals surface area contributed by atoms with Crippen LogP contribution in [0.2, 0.25) is 0 Å². The first-order valence-electron chi connectivity index (χ1n) is 7.29. The summed E-state index contributed by atoms with van der Waals surface area (Å²) in [6, 6.07) is -0.0108. The predicted molar refractivity (Wildman–Crippen MR) is 77.3 cm³/mol. The molecule has 1 heterocycles. The van der Waals surface area contributed by atoms with E-state index in [1.807, 2.05) is 20.8 Å². The van der Waals surface area contributed by atoms with Crippen molar-refractivity contribution in [2.45, 2.75) is 58.1 Å². The summed E-state index contributed by atoms with van der Waals surface area (Å²) in [5, 5.41) is 2.81. The van der Waals surface area contributed by atoms with Gasteiger partial charge in [0.25, 0.3) is 0 Å². The molecule has 1 saturated heterocycles. The molecule has 2 amide bonds. The van der Waals surface area contributed by atoms with Gasteiger partial charge in [-0.25, -0.2) is 4.79 Å². The SMILES string of the molecule is CC(C)(C)OC(=O)NC1CCN(C(=O)CCCCN)C1. The van der Waals surface area contributed by atoms with Gasteiger partial charge in [0.1, 0.15) is 5.60 Å². The lowest BCUT2D eigenvalue weighted by atomic mass is 10.2. The molecule has 1 rings (SSSR count). The van der Waals surface area contributed by atoms with Crippen LogP contribution >= 0.6 is 0 Å². The Hall–Kier alpha value is -1.30. The van der Waals surface area contributed by atoms with Crippen LogP contribution in [0.3, 0.4) is 0 Å². The minimum atomic E-state index is -0.500. The van der Waals surface area contributed by atoms with Crippen molar-refractivity contribution in [2.24, 2.45) is 5.73 Å². The van der Waals surface area contributed by atoms with Gasteiger partial charge in [0.15, 0.2) is 0 Å². The minimum absolute atomic E-state index is 0.0108. The number of carbonyl (C=O) groups is 2. The molecule has 1 aliphatic heterocycles. The van der Waals surface area contributed by atoms with E-state index in [0.29, 0.717) is 26.1 Å². The molecule has 0 aromatic carbocycles. The van der Waals surface area contributed by atoms with E-state index in [2.05, 4.69) is 5.32 Å². The first-order chi connectivity index (χ1) is 9.31. The van der Waals surface area contributed by atoms with E-state index >= 15 is 0 Å². The number of ether oxygens (including phenoxy) is 1. The summed E-state index contributed by atoms with van der Waals surface area (Å²) in [7, 11) is 0. The van der Waals surface area contributed by atoms with Crippen molar-refractivity contribution in [3.8, 4) is 0 Å². The van der Waals surface area contributed by atoms with Crippen LogP contribution in [0.25, 0.3) is 0 Å². The number of rotatable bonds is 5. The van der Waals surface area contributed by atoms with Gasteiger partial charge in [0, 0.05) is 19.5 Å². The summed E-state index contributed by atoms with van der Waals surface area (Å²) in [5.74, 6) is 0.145. The lowest BCUT2D eigenvalue weighted by Crippen LogP contribution is -2.41. The predicted octanol–water partition coefficient (Wildman–Crippen LogP) is 1.24. The summed E-state index contributed by atoms with van der Waals surface area (Å²) < 4.78 is 5.21. The van der Waals surface area contributed by atoms with Gasteiger partial charge in [-0.05, 0) is 46.6 Å². The monoisotopic (exact) mass is 285 g/mol. The molecule has 0 aromatic rings. The summed E-state index contributed by atoms with van der Waals surface area (Å²) >= 11 is 0. The van der Waals surface area contributed by atoms with Crippen LogP contribution < -0.4 is 11.1 Å². The molecule has 0 saturated carbocycles. The molecular weight excluding hydrogens is 258 g/mol. The third-order valence-electron chi connectivity index (χ3n) is 3.11. The largest absolute Gasteiger partial charge is 0.444 e. The van der Waals surface area contributed by atoms with Crippen molar-refractivity contribution >= 4 is 12.0 Å². The zero-order valence-corrected chi connectivity index (χ0v) is 12.8. The van der Waals surface area contributed by atoms with Gasteiger partial charge < -0.3 is 20.7 Å². The number of carbonyl (C=O) groups excluding carboxylic acids is 2. The number of unbranched alkanes of at least 4 members (excludes halogenated alkanes) is 1. The van der Waals surface area contributed by atoms with Crippen molar-refractivity contribution < 1.29 is 14.3 Å². The highest BCUT2D eigenvalue weighted by Crippen LogP contribution is 2.13. The molecule has 0 aliphatic carbocycles. The number of nitrogens with zero attached hydrogens (tertiary/aromatic N) is 1. The highest BCUT2D eigenvalue weighted by molar-refractivity contribution is 5.76. The molecule has 0 spiro atoms. The quantitative estimate of drug-likeness (QED) is 0.744. The Balaban J connectivity index is 2.29. The average molecular weight is 285 g/mol. The number of hydrogen-bond donors (Lipinski definition) is 2. The normalized spacial score (nSPS) is 19.0. The molecule has 6 heteroatoms. The smallest absolute Gasteiger partial charge is 0.407 e. The molecular formula is C14H27N3O3. The highest BCUT2D eigenvalue weighted by atomic mass is 16.6. The minimum Gasteiger partial charge on any atom is -0.444 e. The molecule has 6 nitrogen and oxygen atoms in total. The molecule has 3 N–H and O–H groups in total. The topological polar surface area (TPSA) is 84.7 Å². The fourth-order valence-corrected chi connectivity index (χ4v) is 2.16. The van der Waals surface area contributed by atoms with Crippen LogP contribution in [-0.2, 0) is 9.53 Å². The standard InChI is InChI=1S/C14H27N3O3/c1-14(2,3)20-13(19)16-11-7-9-17(10-11)12(18)6-4-5-8-15/h11H,4-10,15H2,1-3H3,(H,16,19). The molecule has 0 radical (unpaired) electrons. The Morgan fingerprint density at radius 3 is 2.65 bits per heavy atom. The average Bonchev–Trinajstić information content (AvgIpc) is 2.75. The molecule has 116 valence electrons.